The predicted octanol–water partition coefficient (Wildman–Crippen LogP) is 4.53. The van der Waals surface area contributed by atoms with Crippen molar-refractivity contribution in [3.8, 4) is 17.2 Å². The highest BCUT2D eigenvalue weighted by Crippen LogP contribution is 2.36. The van der Waals surface area contributed by atoms with Crippen LogP contribution in [-0.4, -0.2) is 27.8 Å². The number of aliphatic hydroxyl groups is 1. The van der Waals surface area contributed by atoms with Crippen LogP contribution in [0.1, 0.15) is 23.1 Å². The maximum atomic E-state index is 13.3. The first-order chi connectivity index (χ1) is 15.5. The number of halogens is 1. The molecule has 2 atom stereocenters. The van der Waals surface area contributed by atoms with E-state index in [4.69, 9.17) is 14.2 Å². The molecule has 3 heterocycles. The molecule has 6 nitrogen and oxygen atoms in total. The molecular formula is C25H21FN2O4. The molecule has 0 saturated heterocycles. The highest BCUT2D eigenvalue weighted by atomic mass is 19.1. The Kier molecular flexibility index (Phi) is 5.33. The van der Waals surface area contributed by atoms with Crippen molar-refractivity contribution >= 4 is 10.9 Å². The Morgan fingerprint density at radius 3 is 2.78 bits per heavy atom. The van der Waals surface area contributed by atoms with Gasteiger partial charge in [-0.15, -0.1) is 0 Å². The maximum Gasteiger partial charge on any atom is 0.163 e. The van der Waals surface area contributed by atoms with Gasteiger partial charge in [0.15, 0.2) is 6.10 Å². The van der Waals surface area contributed by atoms with E-state index in [-0.39, 0.29) is 19.0 Å². The lowest BCUT2D eigenvalue weighted by atomic mass is 10.0. The molecule has 7 heteroatoms. The van der Waals surface area contributed by atoms with Gasteiger partial charge in [0.2, 0.25) is 0 Å². The van der Waals surface area contributed by atoms with E-state index in [1.807, 2.05) is 25.1 Å². The number of hydrogen-bond acceptors (Lipinski definition) is 6. The van der Waals surface area contributed by atoms with Gasteiger partial charge in [0, 0.05) is 16.6 Å². The van der Waals surface area contributed by atoms with Gasteiger partial charge in [0.1, 0.15) is 42.4 Å². The number of hydrogen-bond donors (Lipinski definition) is 1. The van der Waals surface area contributed by atoms with Crippen LogP contribution in [0.4, 0.5) is 4.39 Å². The lowest BCUT2D eigenvalue weighted by molar-refractivity contribution is -0.0106. The highest BCUT2D eigenvalue weighted by molar-refractivity contribution is 5.78. The number of benzene rings is 2. The van der Waals surface area contributed by atoms with Crippen molar-refractivity contribution in [2.24, 2.45) is 0 Å². The molecule has 0 spiro atoms. The number of pyridine rings is 2. The molecule has 1 aliphatic heterocycles. The molecule has 0 radical (unpaired) electrons. The second-order valence-corrected chi connectivity index (χ2v) is 7.68. The van der Waals surface area contributed by atoms with E-state index in [1.165, 1.54) is 12.1 Å². The Balaban J connectivity index is 1.29. The zero-order chi connectivity index (χ0) is 22.1. The fourth-order valence-electron chi connectivity index (χ4n) is 3.62. The van der Waals surface area contributed by atoms with Crippen LogP contribution in [-0.2, 0) is 6.61 Å². The molecule has 0 fully saturated rings. The molecule has 0 aliphatic carbocycles. The van der Waals surface area contributed by atoms with Crippen molar-refractivity contribution in [1.82, 2.24) is 9.97 Å². The van der Waals surface area contributed by atoms with Crippen molar-refractivity contribution < 1.29 is 23.7 Å². The zero-order valence-electron chi connectivity index (χ0n) is 17.4. The van der Waals surface area contributed by atoms with E-state index in [0.717, 1.165) is 11.1 Å². The lowest BCUT2D eigenvalue weighted by Crippen LogP contribution is -2.35. The van der Waals surface area contributed by atoms with Gasteiger partial charge in [0.05, 0.1) is 17.4 Å². The zero-order valence-corrected chi connectivity index (χ0v) is 17.4. The third-order valence-corrected chi connectivity index (χ3v) is 5.32. The molecule has 2 aromatic carbocycles. The third kappa shape index (κ3) is 4.20. The second-order valence-electron chi connectivity index (χ2n) is 7.68. The van der Waals surface area contributed by atoms with Crippen LogP contribution in [0.2, 0.25) is 0 Å². The summed E-state index contributed by atoms with van der Waals surface area (Å²) in [6.07, 6.45) is 0.185. The number of nitrogens with zero attached hydrogens (tertiary/aromatic N) is 2. The van der Waals surface area contributed by atoms with Crippen LogP contribution in [0.15, 0.2) is 66.9 Å². The molecule has 1 N–H and O–H groups in total. The molecule has 32 heavy (non-hydrogen) atoms. The first kappa shape index (κ1) is 20.2. The first-order valence-electron chi connectivity index (χ1n) is 10.3. The Morgan fingerprint density at radius 1 is 1.06 bits per heavy atom. The van der Waals surface area contributed by atoms with Gasteiger partial charge >= 0.3 is 0 Å². The van der Waals surface area contributed by atoms with E-state index in [1.54, 1.807) is 36.5 Å². The average Bonchev–Trinajstić information content (AvgIpc) is 2.81. The molecule has 2 unspecified atom stereocenters. The second kappa shape index (κ2) is 8.43. The molecule has 162 valence electrons. The summed E-state index contributed by atoms with van der Waals surface area (Å²) < 4.78 is 30.9. The van der Waals surface area contributed by atoms with Crippen molar-refractivity contribution in [3.05, 3.63) is 89.6 Å². The van der Waals surface area contributed by atoms with E-state index >= 15 is 0 Å². The monoisotopic (exact) mass is 432 g/mol. The van der Waals surface area contributed by atoms with Crippen LogP contribution >= 0.6 is 0 Å². The van der Waals surface area contributed by atoms with Gasteiger partial charge in [-0.25, -0.2) is 9.37 Å². The SMILES string of the molecule is Cc1ccc(OC2COc3ccc(OCc4ccc5cc(F)ccc5n4)cc3C2O)cn1. The summed E-state index contributed by atoms with van der Waals surface area (Å²) in [6, 6.07) is 17.1. The van der Waals surface area contributed by atoms with Crippen LogP contribution in [0.3, 0.4) is 0 Å². The van der Waals surface area contributed by atoms with Crippen molar-refractivity contribution in [1.29, 1.82) is 0 Å². The third-order valence-electron chi connectivity index (χ3n) is 5.32. The summed E-state index contributed by atoms with van der Waals surface area (Å²) in [5, 5.41) is 11.6. The summed E-state index contributed by atoms with van der Waals surface area (Å²) in [5.41, 5.74) is 2.90. The molecular weight excluding hydrogens is 411 g/mol. The normalized spacial score (nSPS) is 17.5. The molecule has 0 amide bonds. The number of rotatable bonds is 5. The van der Waals surface area contributed by atoms with Crippen LogP contribution in [0.25, 0.3) is 10.9 Å². The number of aliphatic hydroxyl groups excluding tert-OH is 1. The van der Waals surface area contributed by atoms with Gasteiger partial charge in [0.25, 0.3) is 0 Å². The molecule has 0 saturated carbocycles. The smallest absolute Gasteiger partial charge is 0.163 e. The highest BCUT2D eigenvalue weighted by Gasteiger charge is 2.31. The minimum Gasteiger partial charge on any atom is -0.489 e. The fourth-order valence-corrected chi connectivity index (χ4v) is 3.62. The van der Waals surface area contributed by atoms with E-state index in [9.17, 15) is 9.50 Å². The molecule has 5 rings (SSSR count). The van der Waals surface area contributed by atoms with Gasteiger partial charge in [-0.1, -0.05) is 6.07 Å². The summed E-state index contributed by atoms with van der Waals surface area (Å²) >= 11 is 0. The molecule has 4 aromatic rings. The van der Waals surface area contributed by atoms with E-state index in [0.29, 0.717) is 34.0 Å². The minimum atomic E-state index is -0.878. The molecule has 0 bridgehead atoms. The Morgan fingerprint density at radius 2 is 1.94 bits per heavy atom. The largest absolute Gasteiger partial charge is 0.489 e. The number of aryl methyl sites for hydroxylation is 1. The predicted molar refractivity (Wildman–Crippen MR) is 116 cm³/mol. The topological polar surface area (TPSA) is 73.7 Å². The lowest BCUT2D eigenvalue weighted by Gasteiger charge is -2.30. The minimum absolute atomic E-state index is 0.226. The average molecular weight is 432 g/mol. The van der Waals surface area contributed by atoms with E-state index < -0.39 is 12.2 Å². The van der Waals surface area contributed by atoms with Gasteiger partial charge in [-0.2, -0.15) is 0 Å². The van der Waals surface area contributed by atoms with Crippen LogP contribution in [0.5, 0.6) is 17.2 Å². The van der Waals surface area contributed by atoms with Crippen molar-refractivity contribution in [2.45, 2.75) is 25.7 Å². The first-order valence-corrected chi connectivity index (χ1v) is 10.3. The number of aromatic nitrogens is 2. The number of fused-ring (bicyclic) bond motifs is 2. The molecule has 2 aromatic heterocycles. The summed E-state index contributed by atoms with van der Waals surface area (Å²) in [5.74, 6) is 1.45. The summed E-state index contributed by atoms with van der Waals surface area (Å²) in [4.78, 5) is 8.72. The summed E-state index contributed by atoms with van der Waals surface area (Å²) in [7, 11) is 0. The molecule has 1 aliphatic rings. The van der Waals surface area contributed by atoms with E-state index in [2.05, 4.69) is 9.97 Å². The Bertz CT molecular complexity index is 1260. The van der Waals surface area contributed by atoms with Crippen LogP contribution in [0, 0.1) is 12.7 Å². The standard InChI is InChI=1S/C25H21FN2O4/c1-15-2-6-20(12-27-15)32-24-14-31-23-9-7-19(11-21(23)25(24)29)30-13-18-5-3-16-10-17(26)4-8-22(16)28-18/h2-12,24-25,29H,13-14H2,1H3. The van der Waals surface area contributed by atoms with Gasteiger partial charge in [-0.05, 0) is 61.5 Å². The maximum absolute atomic E-state index is 13.3. The number of ether oxygens (including phenoxy) is 3. The van der Waals surface area contributed by atoms with Gasteiger partial charge in [-0.3, -0.25) is 4.98 Å². The Hall–Kier alpha value is -3.71. The van der Waals surface area contributed by atoms with Crippen LogP contribution < -0.4 is 14.2 Å². The van der Waals surface area contributed by atoms with Crippen molar-refractivity contribution in [2.75, 3.05) is 6.61 Å². The Labute approximate surface area is 184 Å². The summed E-state index contributed by atoms with van der Waals surface area (Å²) in [6.45, 7) is 2.36. The quantitative estimate of drug-likeness (QED) is 0.500. The fraction of sp³-hybridized carbons (Fsp3) is 0.200. The van der Waals surface area contributed by atoms with Crippen molar-refractivity contribution in [3.63, 3.8) is 0 Å². The van der Waals surface area contributed by atoms with Gasteiger partial charge < -0.3 is 19.3 Å².